The molecule has 2 N–H and O–H groups in total. The van der Waals surface area contributed by atoms with E-state index in [0.29, 0.717) is 13.0 Å². The Morgan fingerprint density at radius 1 is 1.21 bits per heavy atom. The minimum Gasteiger partial charge on any atom is -0.341 e. The van der Waals surface area contributed by atoms with E-state index in [1.165, 1.54) is 16.9 Å². The first-order chi connectivity index (χ1) is 11.7. The fourth-order valence-electron chi connectivity index (χ4n) is 2.89. The Bertz CT molecular complexity index is 673. The van der Waals surface area contributed by atoms with Gasteiger partial charge >= 0.3 is 6.03 Å². The predicted octanol–water partition coefficient (Wildman–Crippen LogP) is 3.10. The first kappa shape index (κ1) is 16.5. The SMILES string of the molecule is O=C(Nc1cccs1)N[C@H]1CC(=O)N(CCCc2ccccc2)C1. The Labute approximate surface area is 145 Å². The van der Waals surface area contributed by atoms with Crippen molar-refractivity contribution in [3.63, 3.8) is 0 Å². The van der Waals surface area contributed by atoms with Crippen LogP contribution in [0.3, 0.4) is 0 Å². The molecule has 24 heavy (non-hydrogen) atoms. The van der Waals surface area contributed by atoms with Gasteiger partial charge in [-0.1, -0.05) is 30.3 Å². The van der Waals surface area contributed by atoms with Gasteiger partial charge < -0.3 is 10.2 Å². The van der Waals surface area contributed by atoms with E-state index in [1.807, 2.05) is 40.6 Å². The third kappa shape index (κ3) is 4.58. The Morgan fingerprint density at radius 2 is 2.04 bits per heavy atom. The molecular weight excluding hydrogens is 322 g/mol. The molecule has 1 fully saturated rings. The molecule has 3 rings (SSSR count). The number of hydrogen-bond donors (Lipinski definition) is 2. The number of thiophene rings is 1. The fourth-order valence-corrected chi connectivity index (χ4v) is 3.50. The maximum Gasteiger partial charge on any atom is 0.320 e. The molecular formula is C18H21N3O2S. The lowest BCUT2D eigenvalue weighted by atomic mass is 10.1. The number of urea groups is 1. The summed E-state index contributed by atoms with van der Waals surface area (Å²) in [6.07, 6.45) is 2.27. The van der Waals surface area contributed by atoms with Crippen molar-refractivity contribution < 1.29 is 9.59 Å². The smallest absolute Gasteiger partial charge is 0.320 e. The van der Waals surface area contributed by atoms with E-state index in [-0.39, 0.29) is 18.0 Å². The van der Waals surface area contributed by atoms with E-state index < -0.39 is 0 Å². The lowest BCUT2D eigenvalue weighted by Crippen LogP contribution is -2.39. The molecule has 3 amide bonds. The molecule has 0 aliphatic carbocycles. The summed E-state index contributed by atoms with van der Waals surface area (Å²) in [7, 11) is 0. The molecule has 1 aliphatic heterocycles. The van der Waals surface area contributed by atoms with Crippen LogP contribution in [0.5, 0.6) is 0 Å². The lowest BCUT2D eigenvalue weighted by molar-refractivity contribution is -0.127. The minimum atomic E-state index is -0.249. The summed E-state index contributed by atoms with van der Waals surface area (Å²) >= 11 is 1.47. The van der Waals surface area contributed by atoms with E-state index in [2.05, 4.69) is 22.8 Å². The summed E-state index contributed by atoms with van der Waals surface area (Å²) in [4.78, 5) is 25.9. The largest absolute Gasteiger partial charge is 0.341 e. The summed E-state index contributed by atoms with van der Waals surface area (Å²) in [6, 6.07) is 13.6. The van der Waals surface area contributed by atoms with Crippen LogP contribution in [-0.2, 0) is 11.2 Å². The maximum absolute atomic E-state index is 12.1. The molecule has 1 aliphatic rings. The van der Waals surface area contributed by atoms with Crippen molar-refractivity contribution in [1.29, 1.82) is 0 Å². The monoisotopic (exact) mass is 343 g/mol. The number of amides is 3. The van der Waals surface area contributed by atoms with Gasteiger partial charge in [0.15, 0.2) is 0 Å². The number of carbonyl (C=O) groups excluding carboxylic acids is 2. The van der Waals surface area contributed by atoms with E-state index in [9.17, 15) is 9.59 Å². The van der Waals surface area contributed by atoms with Crippen molar-refractivity contribution in [3.8, 4) is 0 Å². The molecule has 2 aromatic rings. The second-order valence-corrected chi connectivity index (χ2v) is 6.85. The third-order valence-corrected chi connectivity index (χ3v) is 4.83. The first-order valence-electron chi connectivity index (χ1n) is 8.13. The van der Waals surface area contributed by atoms with Crippen molar-refractivity contribution in [2.75, 3.05) is 18.4 Å². The summed E-state index contributed by atoms with van der Waals surface area (Å²) in [5.41, 5.74) is 1.29. The highest BCUT2D eigenvalue weighted by Crippen LogP contribution is 2.16. The normalized spacial score (nSPS) is 17.1. The Morgan fingerprint density at radius 3 is 2.79 bits per heavy atom. The molecule has 2 heterocycles. The van der Waals surface area contributed by atoms with Crippen LogP contribution < -0.4 is 10.6 Å². The van der Waals surface area contributed by atoms with Crippen LogP contribution in [0.15, 0.2) is 47.8 Å². The van der Waals surface area contributed by atoms with Gasteiger partial charge in [-0.25, -0.2) is 4.79 Å². The van der Waals surface area contributed by atoms with Crippen molar-refractivity contribution in [2.45, 2.75) is 25.3 Å². The van der Waals surface area contributed by atoms with Gasteiger partial charge in [0.2, 0.25) is 5.91 Å². The summed E-state index contributed by atoms with van der Waals surface area (Å²) in [6.45, 7) is 1.32. The predicted molar refractivity (Wildman–Crippen MR) is 96.2 cm³/mol. The summed E-state index contributed by atoms with van der Waals surface area (Å²) in [5.74, 6) is 0.115. The van der Waals surface area contributed by atoms with Crippen molar-refractivity contribution in [3.05, 3.63) is 53.4 Å². The van der Waals surface area contributed by atoms with Gasteiger partial charge in [0.25, 0.3) is 0 Å². The van der Waals surface area contributed by atoms with Gasteiger partial charge in [-0.15, -0.1) is 11.3 Å². The highest BCUT2D eigenvalue weighted by molar-refractivity contribution is 7.14. The number of anilines is 1. The molecule has 1 aromatic carbocycles. The zero-order chi connectivity index (χ0) is 16.8. The quantitative estimate of drug-likeness (QED) is 0.847. The molecule has 1 saturated heterocycles. The van der Waals surface area contributed by atoms with Crippen LogP contribution in [-0.4, -0.2) is 36.0 Å². The number of nitrogens with zero attached hydrogens (tertiary/aromatic N) is 1. The molecule has 0 unspecified atom stereocenters. The topological polar surface area (TPSA) is 61.4 Å². The molecule has 126 valence electrons. The number of aryl methyl sites for hydroxylation is 1. The van der Waals surface area contributed by atoms with Crippen LogP contribution in [0.1, 0.15) is 18.4 Å². The summed E-state index contributed by atoms with van der Waals surface area (Å²) in [5, 5.41) is 8.37. The lowest BCUT2D eigenvalue weighted by Gasteiger charge is -2.17. The number of hydrogen-bond acceptors (Lipinski definition) is 3. The molecule has 0 saturated carbocycles. The second kappa shape index (κ2) is 7.97. The molecule has 1 aromatic heterocycles. The average Bonchev–Trinajstić information content (AvgIpc) is 3.18. The standard InChI is InChI=1S/C18H21N3O2S/c22-17-12-15(19-18(23)20-16-9-5-11-24-16)13-21(17)10-4-8-14-6-2-1-3-7-14/h1-3,5-7,9,11,15H,4,8,10,12-13H2,(H2,19,20,23)/t15-/m0/s1. The molecule has 1 atom stereocenters. The van der Waals surface area contributed by atoms with Gasteiger partial charge in [-0.2, -0.15) is 0 Å². The highest BCUT2D eigenvalue weighted by Gasteiger charge is 2.30. The number of nitrogens with one attached hydrogen (secondary N) is 2. The second-order valence-electron chi connectivity index (χ2n) is 5.91. The molecule has 6 heteroatoms. The van der Waals surface area contributed by atoms with Gasteiger partial charge in [-0.3, -0.25) is 10.1 Å². The molecule has 5 nitrogen and oxygen atoms in total. The number of benzene rings is 1. The van der Waals surface area contributed by atoms with Crippen LogP contribution in [0.25, 0.3) is 0 Å². The molecule has 0 bridgehead atoms. The number of likely N-dealkylation sites (tertiary alicyclic amines) is 1. The maximum atomic E-state index is 12.1. The van der Waals surface area contributed by atoms with Gasteiger partial charge in [-0.05, 0) is 35.9 Å². The Kier molecular flexibility index (Phi) is 5.48. The van der Waals surface area contributed by atoms with Crippen LogP contribution in [0, 0.1) is 0 Å². The zero-order valence-electron chi connectivity index (χ0n) is 13.4. The van der Waals surface area contributed by atoms with E-state index in [1.54, 1.807) is 0 Å². The minimum absolute atomic E-state index is 0.115. The van der Waals surface area contributed by atoms with Gasteiger partial charge in [0, 0.05) is 19.5 Å². The Balaban J connectivity index is 1.41. The molecule has 0 spiro atoms. The van der Waals surface area contributed by atoms with Crippen molar-refractivity contribution in [2.24, 2.45) is 0 Å². The van der Waals surface area contributed by atoms with E-state index >= 15 is 0 Å². The summed E-state index contributed by atoms with van der Waals surface area (Å²) < 4.78 is 0. The van der Waals surface area contributed by atoms with Crippen LogP contribution >= 0.6 is 11.3 Å². The number of rotatable bonds is 6. The van der Waals surface area contributed by atoms with Gasteiger partial charge in [0.05, 0.1) is 11.0 Å². The van der Waals surface area contributed by atoms with Crippen LogP contribution in [0.2, 0.25) is 0 Å². The average molecular weight is 343 g/mol. The van der Waals surface area contributed by atoms with E-state index in [4.69, 9.17) is 0 Å². The number of carbonyl (C=O) groups is 2. The fraction of sp³-hybridized carbons (Fsp3) is 0.333. The molecule has 0 radical (unpaired) electrons. The third-order valence-electron chi connectivity index (χ3n) is 4.04. The van der Waals surface area contributed by atoms with Crippen molar-refractivity contribution in [1.82, 2.24) is 10.2 Å². The zero-order valence-corrected chi connectivity index (χ0v) is 14.2. The van der Waals surface area contributed by atoms with Crippen molar-refractivity contribution >= 4 is 28.3 Å². The van der Waals surface area contributed by atoms with Gasteiger partial charge in [0.1, 0.15) is 0 Å². The van der Waals surface area contributed by atoms with E-state index in [0.717, 1.165) is 24.4 Å². The first-order valence-corrected chi connectivity index (χ1v) is 9.01. The van der Waals surface area contributed by atoms with Crippen LogP contribution in [0.4, 0.5) is 9.80 Å². The Hall–Kier alpha value is -2.34. The highest BCUT2D eigenvalue weighted by atomic mass is 32.1.